The molecule has 1 aromatic heterocycles. The summed E-state index contributed by atoms with van der Waals surface area (Å²) in [5, 5.41) is 0. The van der Waals surface area contributed by atoms with Crippen LogP contribution in [-0.2, 0) is 6.42 Å². The van der Waals surface area contributed by atoms with E-state index in [0.29, 0.717) is 23.4 Å². The minimum Gasteiger partial charge on any atom is -0.296 e. The summed E-state index contributed by atoms with van der Waals surface area (Å²) >= 11 is 0. The largest absolute Gasteiger partial charge is 0.296 e. The SMILES string of the molecule is O=Cc1ccnc(Cc2ccccc2F)n1. The van der Waals surface area contributed by atoms with Crippen molar-refractivity contribution in [2.75, 3.05) is 0 Å². The van der Waals surface area contributed by atoms with Crippen molar-refractivity contribution in [2.45, 2.75) is 6.42 Å². The van der Waals surface area contributed by atoms with Crippen LogP contribution in [0.1, 0.15) is 21.9 Å². The Morgan fingerprint density at radius 2 is 2.06 bits per heavy atom. The Balaban J connectivity index is 2.27. The summed E-state index contributed by atoms with van der Waals surface area (Å²) in [7, 11) is 0. The molecule has 0 unspecified atom stereocenters. The summed E-state index contributed by atoms with van der Waals surface area (Å²) in [6.07, 6.45) is 2.42. The fraction of sp³-hybridized carbons (Fsp3) is 0.0833. The first kappa shape index (κ1) is 10.4. The van der Waals surface area contributed by atoms with Crippen molar-refractivity contribution in [3.05, 3.63) is 59.4 Å². The minimum atomic E-state index is -0.289. The van der Waals surface area contributed by atoms with Gasteiger partial charge < -0.3 is 0 Å². The van der Waals surface area contributed by atoms with Crippen LogP contribution in [0.25, 0.3) is 0 Å². The number of rotatable bonds is 3. The summed E-state index contributed by atoms with van der Waals surface area (Å²) in [6, 6.07) is 7.95. The average molecular weight is 216 g/mol. The number of aldehydes is 1. The van der Waals surface area contributed by atoms with Gasteiger partial charge in [0.15, 0.2) is 6.29 Å². The third kappa shape index (κ3) is 2.28. The van der Waals surface area contributed by atoms with Crippen molar-refractivity contribution in [1.82, 2.24) is 9.97 Å². The second-order valence-corrected chi connectivity index (χ2v) is 3.28. The molecule has 0 spiro atoms. The number of nitrogens with zero attached hydrogens (tertiary/aromatic N) is 2. The van der Waals surface area contributed by atoms with E-state index in [1.807, 2.05) is 0 Å². The Bertz CT molecular complexity index is 514. The van der Waals surface area contributed by atoms with Crippen LogP contribution in [0.4, 0.5) is 4.39 Å². The summed E-state index contributed by atoms with van der Waals surface area (Å²) < 4.78 is 13.3. The monoisotopic (exact) mass is 216 g/mol. The molecule has 4 heteroatoms. The predicted octanol–water partition coefficient (Wildman–Crippen LogP) is 2.02. The van der Waals surface area contributed by atoms with Crippen LogP contribution in [-0.4, -0.2) is 16.3 Å². The maximum Gasteiger partial charge on any atom is 0.168 e. The van der Waals surface area contributed by atoms with Crippen LogP contribution < -0.4 is 0 Å². The van der Waals surface area contributed by atoms with E-state index < -0.39 is 0 Å². The Labute approximate surface area is 92.0 Å². The van der Waals surface area contributed by atoms with E-state index in [-0.39, 0.29) is 12.2 Å². The molecule has 0 amide bonds. The number of benzene rings is 1. The second-order valence-electron chi connectivity index (χ2n) is 3.28. The number of carbonyl (C=O) groups excluding carboxylic acids is 1. The minimum absolute atomic E-state index is 0.286. The van der Waals surface area contributed by atoms with E-state index in [0.717, 1.165) is 0 Å². The first-order chi connectivity index (χ1) is 7.79. The molecule has 1 heterocycles. The molecule has 2 aromatic rings. The number of halogens is 1. The van der Waals surface area contributed by atoms with Crippen molar-refractivity contribution in [3.8, 4) is 0 Å². The van der Waals surface area contributed by atoms with Gasteiger partial charge in [0.2, 0.25) is 0 Å². The van der Waals surface area contributed by atoms with Gasteiger partial charge in [0.05, 0.1) is 0 Å². The highest BCUT2D eigenvalue weighted by Gasteiger charge is 2.04. The van der Waals surface area contributed by atoms with Gasteiger partial charge in [-0.25, -0.2) is 14.4 Å². The van der Waals surface area contributed by atoms with E-state index in [1.54, 1.807) is 18.2 Å². The molecular formula is C12H9FN2O. The van der Waals surface area contributed by atoms with E-state index in [9.17, 15) is 9.18 Å². The third-order valence-corrected chi connectivity index (χ3v) is 2.15. The van der Waals surface area contributed by atoms with Gasteiger partial charge in [-0.1, -0.05) is 18.2 Å². The first-order valence-electron chi connectivity index (χ1n) is 4.80. The molecule has 2 rings (SSSR count). The lowest BCUT2D eigenvalue weighted by atomic mass is 10.1. The zero-order chi connectivity index (χ0) is 11.4. The Kier molecular flexibility index (Phi) is 3.00. The molecule has 0 aliphatic heterocycles. The maximum atomic E-state index is 13.3. The first-order valence-corrected chi connectivity index (χ1v) is 4.80. The Morgan fingerprint density at radius 3 is 2.81 bits per heavy atom. The molecule has 0 N–H and O–H groups in total. The molecule has 3 nitrogen and oxygen atoms in total. The zero-order valence-corrected chi connectivity index (χ0v) is 8.43. The van der Waals surface area contributed by atoms with Gasteiger partial charge in [0.25, 0.3) is 0 Å². The topological polar surface area (TPSA) is 42.9 Å². The van der Waals surface area contributed by atoms with Crippen molar-refractivity contribution in [1.29, 1.82) is 0 Å². The number of carbonyl (C=O) groups is 1. The Morgan fingerprint density at radius 1 is 1.25 bits per heavy atom. The molecular weight excluding hydrogens is 207 g/mol. The van der Waals surface area contributed by atoms with Crippen molar-refractivity contribution < 1.29 is 9.18 Å². The van der Waals surface area contributed by atoms with Crippen LogP contribution >= 0.6 is 0 Å². The quantitative estimate of drug-likeness (QED) is 0.737. The molecule has 0 aliphatic rings. The van der Waals surface area contributed by atoms with Gasteiger partial charge in [-0.2, -0.15) is 0 Å². The number of aromatic nitrogens is 2. The highest BCUT2D eigenvalue weighted by molar-refractivity contribution is 5.71. The van der Waals surface area contributed by atoms with Gasteiger partial charge in [0, 0.05) is 12.6 Å². The summed E-state index contributed by atoms with van der Waals surface area (Å²) in [4.78, 5) is 18.5. The fourth-order valence-electron chi connectivity index (χ4n) is 1.38. The predicted molar refractivity (Wildman–Crippen MR) is 56.6 cm³/mol. The molecule has 0 radical (unpaired) electrons. The van der Waals surface area contributed by atoms with Gasteiger partial charge in [-0.15, -0.1) is 0 Å². The molecule has 1 aromatic carbocycles. The standard InChI is InChI=1S/C12H9FN2O/c13-11-4-2-1-3-9(11)7-12-14-6-5-10(8-16)15-12/h1-6,8H,7H2. The van der Waals surface area contributed by atoms with Crippen molar-refractivity contribution in [3.63, 3.8) is 0 Å². The summed E-state index contributed by atoms with van der Waals surface area (Å²) in [5.41, 5.74) is 0.826. The molecule has 0 saturated heterocycles. The third-order valence-electron chi connectivity index (χ3n) is 2.15. The van der Waals surface area contributed by atoms with Gasteiger partial charge in [0.1, 0.15) is 17.3 Å². The van der Waals surface area contributed by atoms with E-state index in [1.165, 1.54) is 18.3 Å². The fourth-order valence-corrected chi connectivity index (χ4v) is 1.38. The van der Waals surface area contributed by atoms with Crippen molar-refractivity contribution in [2.24, 2.45) is 0 Å². The molecule has 16 heavy (non-hydrogen) atoms. The van der Waals surface area contributed by atoms with E-state index >= 15 is 0 Å². The maximum absolute atomic E-state index is 13.3. The normalized spacial score (nSPS) is 10.1. The van der Waals surface area contributed by atoms with Gasteiger partial charge >= 0.3 is 0 Å². The van der Waals surface area contributed by atoms with Crippen LogP contribution in [0.3, 0.4) is 0 Å². The van der Waals surface area contributed by atoms with Crippen LogP contribution in [0.5, 0.6) is 0 Å². The lowest BCUT2D eigenvalue weighted by molar-refractivity contribution is 0.111. The molecule has 0 saturated carbocycles. The molecule has 0 aliphatic carbocycles. The highest BCUT2D eigenvalue weighted by atomic mass is 19.1. The van der Waals surface area contributed by atoms with E-state index in [4.69, 9.17) is 0 Å². The second kappa shape index (κ2) is 4.61. The van der Waals surface area contributed by atoms with Crippen molar-refractivity contribution >= 4 is 6.29 Å². The average Bonchev–Trinajstić information content (AvgIpc) is 2.32. The Hall–Kier alpha value is -2.10. The lowest BCUT2D eigenvalue weighted by Crippen LogP contribution is -2.00. The van der Waals surface area contributed by atoms with E-state index in [2.05, 4.69) is 9.97 Å². The number of hydrogen-bond acceptors (Lipinski definition) is 3. The van der Waals surface area contributed by atoms with Gasteiger partial charge in [-0.3, -0.25) is 4.79 Å². The van der Waals surface area contributed by atoms with Crippen LogP contribution in [0.15, 0.2) is 36.5 Å². The molecule has 0 atom stereocenters. The van der Waals surface area contributed by atoms with Gasteiger partial charge in [-0.05, 0) is 17.7 Å². The van der Waals surface area contributed by atoms with Crippen LogP contribution in [0.2, 0.25) is 0 Å². The molecule has 80 valence electrons. The molecule has 0 fully saturated rings. The lowest BCUT2D eigenvalue weighted by Gasteiger charge is -2.01. The van der Waals surface area contributed by atoms with Crippen LogP contribution in [0, 0.1) is 5.82 Å². The smallest absolute Gasteiger partial charge is 0.168 e. The molecule has 0 bridgehead atoms. The summed E-state index contributed by atoms with van der Waals surface area (Å²) in [5.74, 6) is 0.150. The summed E-state index contributed by atoms with van der Waals surface area (Å²) in [6.45, 7) is 0. The number of hydrogen-bond donors (Lipinski definition) is 0. The zero-order valence-electron chi connectivity index (χ0n) is 8.43. The highest BCUT2D eigenvalue weighted by Crippen LogP contribution is 2.10.